The molecule has 0 saturated carbocycles. The van der Waals surface area contributed by atoms with Crippen molar-refractivity contribution in [3.8, 4) is 0 Å². The van der Waals surface area contributed by atoms with E-state index in [1.54, 1.807) is 13.0 Å². The maximum atomic E-state index is 13.6. The molecule has 106 valence electrons. The van der Waals surface area contributed by atoms with Crippen LogP contribution in [0.1, 0.15) is 29.7 Å². The van der Waals surface area contributed by atoms with Gasteiger partial charge in [-0.2, -0.15) is 0 Å². The average Bonchev–Trinajstić information content (AvgIpc) is 2.44. The molecule has 0 saturated heterocycles. The van der Waals surface area contributed by atoms with E-state index in [1.807, 2.05) is 19.9 Å². The highest BCUT2D eigenvalue weighted by Crippen LogP contribution is 2.24. The molecule has 5 nitrogen and oxygen atoms in total. The summed E-state index contributed by atoms with van der Waals surface area (Å²) in [6.45, 7) is 5.55. The van der Waals surface area contributed by atoms with Crippen molar-refractivity contribution in [3.63, 3.8) is 0 Å². The molecule has 2 aromatic rings. The molecule has 0 bridgehead atoms. The number of hydrazine groups is 1. The normalized spacial score (nSPS) is 12.1. The van der Waals surface area contributed by atoms with E-state index in [2.05, 4.69) is 20.7 Å². The van der Waals surface area contributed by atoms with Gasteiger partial charge in [0.05, 0.1) is 6.04 Å². The zero-order chi connectivity index (χ0) is 14.7. The minimum absolute atomic E-state index is 0.0793. The van der Waals surface area contributed by atoms with Crippen LogP contribution in [-0.2, 0) is 0 Å². The SMILES string of the molecule is Cc1ccc(C(C)Nc2ncnc(NN)c2C)cc1F. The van der Waals surface area contributed by atoms with Gasteiger partial charge in [-0.05, 0) is 38.0 Å². The number of anilines is 2. The molecule has 1 heterocycles. The predicted molar refractivity (Wildman–Crippen MR) is 77.8 cm³/mol. The van der Waals surface area contributed by atoms with E-state index >= 15 is 0 Å². The van der Waals surface area contributed by atoms with Crippen LogP contribution in [0.2, 0.25) is 0 Å². The summed E-state index contributed by atoms with van der Waals surface area (Å²) in [5.41, 5.74) is 4.82. The lowest BCUT2D eigenvalue weighted by Crippen LogP contribution is -2.14. The Morgan fingerprint density at radius 2 is 1.90 bits per heavy atom. The maximum absolute atomic E-state index is 13.6. The van der Waals surface area contributed by atoms with Gasteiger partial charge in [-0.25, -0.2) is 20.2 Å². The highest BCUT2D eigenvalue weighted by Gasteiger charge is 2.11. The molecule has 2 rings (SSSR count). The predicted octanol–water partition coefficient (Wildman–Crippen LogP) is 2.69. The van der Waals surface area contributed by atoms with Crippen molar-refractivity contribution in [2.75, 3.05) is 10.7 Å². The Hall–Kier alpha value is -2.21. The highest BCUT2D eigenvalue weighted by molar-refractivity contribution is 5.56. The van der Waals surface area contributed by atoms with Gasteiger partial charge in [0.25, 0.3) is 0 Å². The number of halogens is 1. The number of nitrogens with two attached hydrogens (primary N) is 1. The van der Waals surface area contributed by atoms with Crippen LogP contribution in [0.4, 0.5) is 16.0 Å². The fourth-order valence-corrected chi connectivity index (χ4v) is 1.91. The number of aryl methyl sites for hydroxylation is 1. The van der Waals surface area contributed by atoms with Gasteiger partial charge in [-0.1, -0.05) is 12.1 Å². The zero-order valence-electron chi connectivity index (χ0n) is 11.7. The third-order valence-electron chi connectivity index (χ3n) is 3.27. The molecule has 1 unspecified atom stereocenters. The Kier molecular flexibility index (Phi) is 4.14. The van der Waals surface area contributed by atoms with Crippen LogP contribution in [0.15, 0.2) is 24.5 Å². The number of nitrogens with zero attached hydrogens (tertiary/aromatic N) is 2. The number of aromatic nitrogens is 2. The van der Waals surface area contributed by atoms with Crippen LogP contribution >= 0.6 is 0 Å². The first-order valence-electron chi connectivity index (χ1n) is 6.33. The monoisotopic (exact) mass is 275 g/mol. The number of hydrogen-bond donors (Lipinski definition) is 3. The van der Waals surface area contributed by atoms with Crippen molar-refractivity contribution >= 4 is 11.6 Å². The molecule has 0 amide bonds. The molecule has 0 aliphatic heterocycles. The van der Waals surface area contributed by atoms with Gasteiger partial charge in [0.2, 0.25) is 0 Å². The molecule has 4 N–H and O–H groups in total. The molecule has 0 spiro atoms. The molecule has 0 radical (unpaired) electrons. The van der Waals surface area contributed by atoms with Crippen LogP contribution in [0.3, 0.4) is 0 Å². The third-order valence-corrected chi connectivity index (χ3v) is 3.27. The Labute approximate surface area is 117 Å². The first-order chi connectivity index (χ1) is 9.52. The van der Waals surface area contributed by atoms with Gasteiger partial charge in [-0.15, -0.1) is 0 Å². The molecular formula is C14H18FN5. The number of rotatable bonds is 4. The van der Waals surface area contributed by atoms with Gasteiger partial charge in [0.1, 0.15) is 23.8 Å². The second kappa shape index (κ2) is 5.83. The summed E-state index contributed by atoms with van der Waals surface area (Å²) in [5.74, 6) is 6.40. The second-order valence-electron chi connectivity index (χ2n) is 4.71. The van der Waals surface area contributed by atoms with Gasteiger partial charge in [0, 0.05) is 5.56 Å². The Morgan fingerprint density at radius 3 is 2.55 bits per heavy atom. The fraction of sp³-hybridized carbons (Fsp3) is 0.286. The lowest BCUT2D eigenvalue weighted by Gasteiger charge is -2.17. The summed E-state index contributed by atoms with van der Waals surface area (Å²) in [6.07, 6.45) is 1.42. The molecule has 0 fully saturated rings. The average molecular weight is 275 g/mol. The van der Waals surface area contributed by atoms with E-state index in [9.17, 15) is 4.39 Å². The lowest BCUT2D eigenvalue weighted by molar-refractivity contribution is 0.614. The fourth-order valence-electron chi connectivity index (χ4n) is 1.91. The molecule has 1 aromatic heterocycles. The van der Waals surface area contributed by atoms with E-state index in [1.165, 1.54) is 12.4 Å². The topological polar surface area (TPSA) is 75.9 Å². The van der Waals surface area contributed by atoms with Crippen LogP contribution < -0.4 is 16.6 Å². The molecule has 6 heteroatoms. The minimum Gasteiger partial charge on any atom is -0.363 e. The summed E-state index contributed by atoms with van der Waals surface area (Å²) in [6, 6.07) is 5.12. The van der Waals surface area contributed by atoms with Crippen LogP contribution in [0.5, 0.6) is 0 Å². The van der Waals surface area contributed by atoms with E-state index in [-0.39, 0.29) is 11.9 Å². The number of benzene rings is 1. The number of hydrogen-bond acceptors (Lipinski definition) is 5. The second-order valence-corrected chi connectivity index (χ2v) is 4.71. The summed E-state index contributed by atoms with van der Waals surface area (Å²) >= 11 is 0. The molecule has 0 aliphatic carbocycles. The standard InChI is InChI=1S/C14H18FN5/c1-8-4-5-11(6-12(8)15)10(3)19-13-9(2)14(20-16)18-7-17-13/h4-7,10H,16H2,1-3H3,(H2,17,18,19,20). The van der Waals surface area contributed by atoms with Gasteiger partial charge in [-0.3, -0.25) is 0 Å². The van der Waals surface area contributed by atoms with Crippen LogP contribution in [0.25, 0.3) is 0 Å². The lowest BCUT2D eigenvalue weighted by atomic mass is 10.1. The molecule has 20 heavy (non-hydrogen) atoms. The van der Waals surface area contributed by atoms with Crippen LogP contribution in [-0.4, -0.2) is 9.97 Å². The smallest absolute Gasteiger partial charge is 0.148 e. The van der Waals surface area contributed by atoms with E-state index in [0.29, 0.717) is 17.2 Å². The van der Waals surface area contributed by atoms with Crippen molar-refractivity contribution < 1.29 is 4.39 Å². The van der Waals surface area contributed by atoms with Crippen molar-refractivity contribution in [1.82, 2.24) is 9.97 Å². The molecule has 1 aromatic carbocycles. The van der Waals surface area contributed by atoms with Crippen molar-refractivity contribution in [2.24, 2.45) is 5.84 Å². The largest absolute Gasteiger partial charge is 0.363 e. The Morgan fingerprint density at radius 1 is 1.20 bits per heavy atom. The summed E-state index contributed by atoms with van der Waals surface area (Å²) in [4.78, 5) is 8.20. The number of nitrogen functional groups attached to an aromatic ring is 1. The van der Waals surface area contributed by atoms with Gasteiger partial charge in [0.15, 0.2) is 0 Å². The summed E-state index contributed by atoms with van der Waals surface area (Å²) in [5, 5.41) is 3.23. The van der Waals surface area contributed by atoms with E-state index < -0.39 is 0 Å². The van der Waals surface area contributed by atoms with Gasteiger partial charge < -0.3 is 10.7 Å². The number of nitrogens with one attached hydrogen (secondary N) is 2. The first kappa shape index (κ1) is 14.2. The minimum atomic E-state index is -0.208. The van der Waals surface area contributed by atoms with Crippen molar-refractivity contribution in [3.05, 3.63) is 47.0 Å². The Balaban J connectivity index is 2.23. The highest BCUT2D eigenvalue weighted by atomic mass is 19.1. The van der Waals surface area contributed by atoms with Crippen molar-refractivity contribution in [2.45, 2.75) is 26.8 Å². The first-order valence-corrected chi connectivity index (χ1v) is 6.33. The maximum Gasteiger partial charge on any atom is 0.148 e. The van der Waals surface area contributed by atoms with Crippen molar-refractivity contribution in [1.29, 1.82) is 0 Å². The molecule has 0 aliphatic rings. The molecule has 1 atom stereocenters. The summed E-state index contributed by atoms with van der Waals surface area (Å²) in [7, 11) is 0. The Bertz CT molecular complexity index is 615. The quantitative estimate of drug-likeness (QED) is 0.591. The van der Waals surface area contributed by atoms with E-state index in [4.69, 9.17) is 5.84 Å². The third kappa shape index (κ3) is 2.85. The van der Waals surface area contributed by atoms with E-state index in [0.717, 1.165) is 11.1 Å². The van der Waals surface area contributed by atoms with Gasteiger partial charge >= 0.3 is 0 Å². The van der Waals surface area contributed by atoms with Crippen LogP contribution in [0, 0.1) is 19.7 Å². The summed E-state index contributed by atoms with van der Waals surface area (Å²) < 4.78 is 13.6. The molecular weight excluding hydrogens is 257 g/mol. The zero-order valence-corrected chi connectivity index (χ0v) is 11.7.